The highest BCUT2D eigenvalue weighted by Gasteiger charge is 2.51. The number of hydrogen-bond donors (Lipinski definition) is 2. The van der Waals surface area contributed by atoms with E-state index in [1.807, 2.05) is 4.90 Å². The summed E-state index contributed by atoms with van der Waals surface area (Å²) in [5, 5.41) is 6.03. The Kier molecular flexibility index (Phi) is 5.72. The highest BCUT2D eigenvalue weighted by molar-refractivity contribution is 5.96. The fourth-order valence-electron chi connectivity index (χ4n) is 7.47. The smallest absolute Gasteiger partial charge is 0.253 e. The first kappa shape index (κ1) is 21.5. The fraction of sp³-hybridized carbons (Fsp3) is 0.654. The standard InChI is InChI=1S/C26H35N3O3/c1-17(30)27-23-4-2-3-21(12-23)25(32)29-7-5-22(6-8-29)28-24(31)16-26-13-18-9-19(14-26)11-20(10-18)15-26/h2-4,12,18-20,22H,5-11,13-16H2,1H3,(H,27,30)(H,28,31). The third-order valence-corrected chi connectivity index (χ3v) is 8.28. The lowest BCUT2D eigenvalue weighted by Gasteiger charge is -2.56. The third-order valence-electron chi connectivity index (χ3n) is 8.28. The van der Waals surface area contributed by atoms with Gasteiger partial charge < -0.3 is 15.5 Å². The van der Waals surface area contributed by atoms with Gasteiger partial charge >= 0.3 is 0 Å². The van der Waals surface area contributed by atoms with Crippen molar-refractivity contribution in [2.45, 2.75) is 70.8 Å². The van der Waals surface area contributed by atoms with Crippen LogP contribution >= 0.6 is 0 Å². The molecule has 172 valence electrons. The van der Waals surface area contributed by atoms with Crippen LogP contribution in [-0.2, 0) is 9.59 Å². The number of likely N-dealkylation sites (tertiary alicyclic amines) is 1. The number of hydrogen-bond acceptors (Lipinski definition) is 3. The monoisotopic (exact) mass is 437 g/mol. The first-order valence-corrected chi connectivity index (χ1v) is 12.3. The molecule has 32 heavy (non-hydrogen) atoms. The van der Waals surface area contributed by atoms with Crippen LogP contribution in [0.4, 0.5) is 5.69 Å². The molecular weight excluding hydrogens is 402 g/mol. The Balaban J connectivity index is 1.12. The summed E-state index contributed by atoms with van der Waals surface area (Å²) < 4.78 is 0. The highest BCUT2D eigenvalue weighted by Crippen LogP contribution is 2.61. The highest BCUT2D eigenvalue weighted by atomic mass is 16.2. The summed E-state index contributed by atoms with van der Waals surface area (Å²) in [5.41, 5.74) is 1.49. The van der Waals surface area contributed by atoms with E-state index in [-0.39, 0.29) is 29.2 Å². The van der Waals surface area contributed by atoms with Gasteiger partial charge in [0, 0.05) is 43.7 Å². The zero-order chi connectivity index (χ0) is 22.3. The van der Waals surface area contributed by atoms with Crippen molar-refractivity contribution >= 4 is 23.4 Å². The van der Waals surface area contributed by atoms with E-state index in [0.717, 1.165) is 30.6 Å². The molecule has 1 saturated heterocycles. The lowest BCUT2D eigenvalue weighted by molar-refractivity contribution is -0.130. The summed E-state index contributed by atoms with van der Waals surface area (Å²) in [6.45, 7) is 2.74. The second-order valence-electron chi connectivity index (χ2n) is 11.0. The Hall–Kier alpha value is -2.37. The number of amides is 3. The number of rotatable bonds is 5. The van der Waals surface area contributed by atoms with Gasteiger partial charge in [0.25, 0.3) is 5.91 Å². The summed E-state index contributed by atoms with van der Waals surface area (Å²) >= 11 is 0. The largest absolute Gasteiger partial charge is 0.353 e. The van der Waals surface area contributed by atoms with Gasteiger partial charge in [0.2, 0.25) is 11.8 Å². The number of anilines is 1. The molecule has 2 N–H and O–H groups in total. The Morgan fingerprint density at radius 3 is 2.22 bits per heavy atom. The zero-order valence-electron chi connectivity index (χ0n) is 19.1. The SMILES string of the molecule is CC(=O)Nc1cccc(C(=O)N2CCC(NC(=O)CC34CC5CC(CC(C5)C3)C4)CC2)c1. The van der Waals surface area contributed by atoms with Crippen LogP contribution < -0.4 is 10.6 Å². The number of nitrogens with one attached hydrogen (secondary N) is 2. The molecule has 1 heterocycles. The van der Waals surface area contributed by atoms with Gasteiger partial charge in [-0.3, -0.25) is 14.4 Å². The summed E-state index contributed by atoms with van der Waals surface area (Å²) in [6.07, 6.45) is 10.3. The topological polar surface area (TPSA) is 78.5 Å². The van der Waals surface area contributed by atoms with Crippen molar-refractivity contribution in [2.75, 3.05) is 18.4 Å². The van der Waals surface area contributed by atoms with E-state index in [1.165, 1.54) is 45.4 Å². The molecule has 1 aromatic rings. The number of nitrogens with zero attached hydrogens (tertiary/aromatic N) is 1. The fourth-order valence-corrected chi connectivity index (χ4v) is 7.47. The van der Waals surface area contributed by atoms with Crippen molar-refractivity contribution in [1.29, 1.82) is 0 Å². The van der Waals surface area contributed by atoms with Crippen LogP contribution in [0.1, 0.15) is 75.1 Å². The van der Waals surface area contributed by atoms with Crippen LogP contribution in [0.2, 0.25) is 0 Å². The van der Waals surface area contributed by atoms with Crippen LogP contribution in [0, 0.1) is 23.2 Å². The molecule has 0 spiro atoms. The Morgan fingerprint density at radius 2 is 1.62 bits per heavy atom. The maximum Gasteiger partial charge on any atom is 0.253 e. The minimum atomic E-state index is -0.153. The average Bonchev–Trinajstić information content (AvgIpc) is 2.72. The average molecular weight is 438 g/mol. The lowest BCUT2D eigenvalue weighted by Crippen LogP contribution is -2.50. The van der Waals surface area contributed by atoms with Crippen LogP contribution in [0.5, 0.6) is 0 Å². The van der Waals surface area contributed by atoms with E-state index in [2.05, 4.69) is 10.6 Å². The molecular formula is C26H35N3O3. The summed E-state index contributed by atoms with van der Waals surface area (Å²) in [7, 11) is 0. The van der Waals surface area contributed by atoms with Gasteiger partial charge in [-0.05, 0) is 92.7 Å². The van der Waals surface area contributed by atoms with Crippen LogP contribution in [0.25, 0.3) is 0 Å². The lowest BCUT2D eigenvalue weighted by atomic mass is 9.49. The van der Waals surface area contributed by atoms with Gasteiger partial charge in [0.15, 0.2) is 0 Å². The van der Waals surface area contributed by atoms with Gasteiger partial charge in [-0.25, -0.2) is 0 Å². The number of piperidine rings is 1. The number of benzene rings is 1. The maximum atomic E-state index is 12.9. The predicted octanol–water partition coefficient (Wildman–Crippen LogP) is 3.97. The van der Waals surface area contributed by atoms with Crippen molar-refractivity contribution in [2.24, 2.45) is 23.2 Å². The minimum absolute atomic E-state index is 0.0180. The molecule has 4 aliphatic carbocycles. The summed E-state index contributed by atoms with van der Waals surface area (Å²) in [5.74, 6) is 2.65. The molecule has 6 nitrogen and oxygen atoms in total. The molecule has 5 fully saturated rings. The molecule has 1 aliphatic heterocycles. The zero-order valence-corrected chi connectivity index (χ0v) is 19.1. The van der Waals surface area contributed by atoms with Gasteiger partial charge in [0.05, 0.1) is 0 Å². The molecule has 5 aliphatic rings. The second-order valence-corrected chi connectivity index (χ2v) is 11.0. The van der Waals surface area contributed by atoms with Gasteiger partial charge in [-0.15, -0.1) is 0 Å². The predicted molar refractivity (Wildman–Crippen MR) is 123 cm³/mol. The van der Waals surface area contributed by atoms with E-state index in [9.17, 15) is 14.4 Å². The molecule has 6 heteroatoms. The summed E-state index contributed by atoms with van der Waals surface area (Å²) in [6, 6.07) is 7.24. The van der Waals surface area contributed by atoms with E-state index in [0.29, 0.717) is 30.8 Å². The molecule has 4 saturated carbocycles. The quantitative estimate of drug-likeness (QED) is 0.732. The van der Waals surface area contributed by atoms with Crippen molar-refractivity contribution in [3.8, 4) is 0 Å². The summed E-state index contributed by atoms with van der Waals surface area (Å²) in [4.78, 5) is 39.0. The van der Waals surface area contributed by atoms with E-state index in [1.54, 1.807) is 24.3 Å². The van der Waals surface area contributed by atoms with E-state index >= 15 is 0 Å². The number of carbonyl (C=O) groups is 3. The van der Waals surface area contributed by atoms with Crippen molar-refractivity contribution < 1.29 is 14.4 Å². The van der Waals surface area contributed by atoms with Crippen LogP contribution in [-0.4, -0.2) is 41.8 Å². The van der Waals surface area contributed by atoms with Crippen LogP contribution in [0.15, 0.2) is 24.3 Å². The third kappa shape index (κ3) is 4.55. The van der Waals surface area contributed by atoms with Gasteiger partial charge in [-0.1, -0.05) is 6.07 Å². The molecule has 0 radical (unpaired) electrons. The molecule has 0 atom stereocenters. The normalized spacial score (nSPS) is 31.4. The van der Waals surface area contributed by atoms with Gasteiger partial charge in [-0.2, -0.15) is 0 Å². The van der Waals surface area contributed by atoms with Gasteiger partial charge in [0.1, 0.15) is 0 Å². The molecule has 6 rings (SSSR count). The molecule has 3 amide bonds. The first-order chi connectivity index (χ1) is 15.4. The van der Waals surface area contributed by atoms with E-state index < -0.39 is 0 Å². The van der Waals surface area contributed by atoms with Crippen molar-refractivity contribution in [3.05, 3.63) is 29.8 Å². The second kappa shape index (κ2) is 8.53. The van der Waals surface area contributed by atoms with E-state index in [4.69, 9.17) is 0 Å². The maximum absolute atomic E-state index is 12.9. The van der Waals surface area contributed by atoms with Crippen molar-refractivity contribution in [3.63, 3.8) is 0 Å². The molecule has 1 aromatic carbocycles. The Bertz CT molecular complexity index is 868. The number of carbonyl (C=O) groups excluding carboxylic acids is 3. The first-order valence-electron chi connectivity index (χ1n) is 12.3. The van der Waals surface area contributed by atoms with Crippen molar-refractivity contribution in [1.82, 2.24) is 10.2 Å². The Morgan fingerprint density at radius 1 is 1.00 bits per heavy atom. The minimum Gasteiger partial charge on any atom is -0.353 e. The van der Waals surface area contributed by atoms with Crippen LogP contribution in [0.3, 0.4) is 0 Å². The molecule has 0 aromatic heterocycles. The Labute approximate surface area is 190 Å². The molecule has 4 bridgehead atoms. The molecule has 0 unspecified atom stereocenters.